The molecule has 1 amide bonds. The number of nitrogens with zero attached hydrogens (tertiary/aromatic N) is 4. The molecule has 0 aliphatic heterocycles. The number of carbonyl (C=O) groups is 1. The van der Waals surface area contributed by atoms with Gasteiger partial charge in [0.15, 0.2) is 0 Å². The summed E-state index contributed by atoms with van der Waals surface area (Å²) in [4.78, 5) is 12.0. The topological polar surface area (TPSA) is 90.8 Å². The zero-order valence-corrected chi connectivity index (χ0v) is 11.6. The van der Waals surface area contributed by atoms with Crippen molar-refractivity contribution in [1.29, 1.82) is 0 Å². The number of carbonyl (C=O) groups excluding carboxylic acids is 1. The fourth-order valence-corrected chi connectivity index (χ4v) is 1.96. The van der Waals surface area contributed by atoms with Crippen LogP contribution in [0.15, 0.2) is 6.20 Å². The Bertz CT molecular complexity index is 624. The van der Waals surface area contributed by atoms with E-state index >= 15 is 0 Å². The minimum absolute atomic E-state index is 0.228. The van der Waals surface area contributed by atoms with Crippen molar-refractivity contribution in [3.8, 4) is 0 Å². The Morgan fingerprint density at radius 1 is 1.37 bits per heavy atom. The lowest BCUT2D eigenvalue weighted by Gasteiger charge is -2.05. The largest absolute Gasteiger partial charge is 0.383 e. The number of nitrogens with one attached hydrogen (secondary N) is 1. The molecule has 0 fully saturated rings. The highest BCUT2D eigenvalue weighted by atomic mass is 16.1. The van der Waals surface area contributed by atoms with E-state index < -0.39 is 0 Å². The molecule has 2 heterocycles. The highest BCUT2D eigenvalue weighted by Crippen LogP contribution is 2.13. The van der Waals surface area contributed by atoms with Crippen molar-refractivity contribution in [2.24, 2.45) is 14.1 Å². The molecule has 0 aromatic carbocycles. The van der Waals surface area contributed by atoms with E-state index in [0.29, 0.717) is 17.9 Å². The molecule has 0 aliphatic carbocycles. The van der Waals surface area contributed by atoms with Gasteiger partial charge in [-0.25, -0.2) is 0 Å². The van der Waals surface area contributed by atoms with Crippen LogP contribution in [0.3, 0.4) is 0 Å². The zero-order valence-electron chi connectivity index (χ0n) is 11.6. The van der Waals surface area contributed by atoms with Crippen LogP contribution in [0.1, 0.15) is 27.3 Å². The summed E-state index contributed by atoms with van der Waals surface area (Å²) in [7, 11) is 3.58. The average Bonchev–Trinajstić information content (AvgIpc) is 2.80. The van der Waals surface area contributed by atoms with Crippen LogP contribution in [0, 0.1) is 13.8 Å². The molecular formula is C12H18N6O. The summed E-state index contributed by atoms with van der Waals surface area (Å²) in [6.07, 6.45) is 1.47. The molecule has 2 rings (SSSR count). The van der Waals surface area contributed by atoms with E-state index in [0.717, 1.165) is 17.0 Å². The second-order valence-electron chi connectivity index (χ2n) is 4.52. The molecule has 7 heteroatoms. The van der Waals surface area contributed by atoms with E-state index in [9.17, 15) is 4.79 Å². The van der Waals surface area contributed by atoms with Gasteiger partial charge in [-0.2, -0.15) is 10.2 Å². The van der Waals surface area contributed by atoms with Gasteiger partial charge in [-0.3, -0.25) is 14.2 Å². The Morgan fingerprint density at radius 3 is 2.53 bits per heavy atom. The Labute approximate surface area is 111 Å². The van der Waals surface area contributed by atoms with E-state index in [1.54, 1.807) is 11.7 Å². The molecule has 0 saturated carbocycles. The minimum Gasteiger partial charge on any atom is -0.383 e. The number of aryl methyl sites for hydroxylation is 3. The van der Waals surface area contributed by atoms with Crippen molar-refractivity contribution in [3.05, 3.63) is 28.7 Å². The Balaban J connectivity index is 2.11. The summed E-state index contributed by atoms with van der Waals surface area (Å²) >= 11 is 0. The number of aromatic nitrogens is 4. The summed E-state index contributed by atoms with van der Waals surface area (Å²) in [5.41, 5.74) is 9.13. The highest BCUT2D eigenvalue weighted by molar-refractivity contribution is 5.98. The van der Waals surface area contributed by atoms with Gasteiger partial charge in [0, 0.05) is 31.9 Å². The number of hydrogen-bond acceptors (Lipinski definition) is 4. The number of hydrogen-bond donors (Lipinski definition) is 2. The molecular weight excluding hydrogens is 244 g/mol. The summed E-state index contributed by atoms with van der Waals surface area (Å²) in [6.45, 7) is 4.32. The molecule has 0 saturated heterocycles. The number of amides is 1. The van der Waals surface area contributed by atoms with Gasteiger partial charge in [0.25, 0.3) is 5.91 Å². The fourth-order valence-electron chi connectivity index (χ4n) is 1.96. The normalized spacial score (nSPS) is 10.7. The Morgan fingerprint density at radius 2 is 2.05 bits per heavy atom. The molecule has 19 heavy (non-hydrogen) atoms. The van der Waals surface area contributed by atoms with Gasteiger partial charge in [0.05, 0.1) is 11.9 Å². The van der Waals surface area contributed by atoms with E-state index in [2.05, 4.69) is 15.5 Å². The van der Waals surface area contributed by atoms with E-state index in [1.165, 1.54) is 10.9 Å². The monoisotopic (exact) mass is 262 g/mol. The molecule has 0 aliphatic rings. The Hall–Kier alpha value is -2.31. The van der Waals surface area contributed by atoms with Gasteiger partial charge < -0.3 is 11.1 Å². The predicted octanol–water partition coefficient (Wildman–Crippen LogP) is 0.283. The number of nitrogens with two attached hydrogens (primary N) is 1. The first kappa shape index (κ1) is 13.1. The van der Waals surface area contributed by atoms with Crippen molar-refractivity contribution in [2.45, 2.75) is 20.4 Å². The van der Waals surface area contributed by atoms with Crippen molar-refractivity contribution in [3.63, 3.8) is 0 Å². The number of nitrogen functional groups attached to an aromatic ring is 1. The minimum atomic E-state index is -0.228. The summed E-state index contributed by atoms with van der Waals surface area (Å²) in [6, 6.07) is 0. The van der Waals surface area contributed by atoms with Crippen LogP contribution in [0.25, 0.3) is 0 Å². The molecule has 0 atom stereocenters. The summed E-state index contributed by atoms with van der Waals surface area (Å²) in [5.74, 6) is 0.130. The van der Waals surface area contributed by atoms with Crippen LogP contribution in [-0.2, 0) is 20.6 Å². The average molecular weight is 262 g/mol. The lowest BCUT2D eigenvalue weighted by molar-refractivity contribution is 0.0951. The SMILES string of the molecule is Cc1nn(C)c(C)c1CNC(=O)c1cnn(C)c1N. The van der Waals surface area contributed by atoms with Crippen LogP contribution >= 0.6 is 0 Å². The Kier molecular flexibility index (Phi) is 3.28. The lowest BCUT2D eigenvalue weighted by atomic mass is 10.2. The van der Waals surface area contributed by atoms with Crippen LogP contribution in [-0.4, -0.2) is 25.5 Å². The van der Waals surface area contributed by atoms with Crippen molar-refractivity contribution in [2.75, 3.05) is 5.73 Å². The van der Waals surface area contributed by atoms with Crippen LogP contribution < -0.4 is 11.1 Å². The second-order valence-corrected chi connectivity index (χ2v) is 4.52. The maximum atomic E-state index is 12.0. The lowest BCUT2D eigenvalue weighted by Crippen LogP contribution is -2.24. The van der Waals surface area contributed by atoms with Crippen LogP contribution in [0.4, 0.5) is 5.82 Å². The third-order valence-corrected chi connectivity index (χ3v) is 3.31. The van der Waals surface area contributed by atoms with Crippen molar-refractivity contribution >= 4 is 11.7 Å². The molecule has 0 unspecified atom stereocenters. The van der Waals surface area contributed by atoms with Gasteiger partial charge in [0.2, 0.25) is 0 Å². The molecule has 0 spiro atoms. The van der Waals surface area contributed by atoms with Crippen LogP contribution in [0.2, 0.25) is 0 Å². The molecule has 0 bridgehead atoms. The third-order valence-electron chi connectivity index (χ3n) is 3.31. The van der Waals surface area contributed by atoms with Gasteiger partial charge in [0.1, 0.15) is 11.4 Å². The van der Waals surface area contributed by atoms with Crippen LogP contribution in [0.5, 0.6) is 0 Å². The van der Waals surface area contributed by atoms with Gasteiger partial charge in [-0.1, -0.05) is 0 Å². The molecule has 2 aromatic rings. The first-order valence-corrected chi connectivity index (χ1v) is 5.96. The predicted molar refractivity (Wildman–Crippen MR) is 71.5 cm³/mol. The quantitative estimate of drug-likeness (QED) is 0.831. The van der Waals surface area contributed by atoms with Gasteiger partial charge in [-0.15, -0.1) is 0 Å². The van der Waals surface area contributed by atoms with Gasteiger partial charge >= 0.3 is 0 Å². The molecule has 102 valence electrons. The first-order valence-electron chi connectivity index (χ1n) is 5.96. The maximum absolute atomic E-state index is 12.0. The van der Waals surface area contributed by atoms with E-state index in [-0.39, 0.29) is 5.91 Å². The molecule has 7 nitrogen and oxygen atoms in total. The third kappa shape index (κ3) is 2.31. The zero-order chi connectivity index (χ0) is 14.2. The van der Waals surface area contributed by atoms with E-state index in [4.69, 9.17) is 5.73 Å². The summed E-state index contributed by atoms with van der Waals surface area (Å²) < 4.78 is 3.27. The van der Waals surface area contributed by atoms with E-state index in [1.807, 2.05) is 20.9 Å². The first-order chi connectivity index (χ1) is 8.91. The standard InChI is InChI=1S/C12H18N6O/c1-7-9(8(2)17(3)16-7)5-14-12(19)10-6-15-18(4)11(10)13/h6H,5,13H2,1-4H3,(H,14,19). The van der Waals surface area contributed by atoms with Gasteiger partial charge in [-0.05, 0) is 13.8 Å². The molecule has 0 radical (unpaired) electrons. The fraction of sp³-hybridized carbons (Fsp3) is 0.417. The van der Waals surface area contributed by atoms with Crippen molar-refractivity contribution in [1.82, 2.24) is 24.9 Å². The molecule has 3 N–H and O–H groups in total. The smallest absolute Gasteiger partial charge is 0.256 e. The summed E-state index contributed by atoms with van der Waals surface area (Å²) in [5, 5.41) is 11.1. The number of anilines is 1. The van der Waals surface area contributed by atoms with Crippen molar-refractivity contribution < 1.29 is 4.79 Å². The molecule has 2 aromatic heterocycles. The number of rotatable bonds is 3. The maximum Gasteiger partial charge on any atom is 0.256 e. The second kappa shape index (κ2) is 4.75. The highest BCUT2D eigenvalue weighted by Gasteiger charge is 2.15.